The summed E-state index contributed by atoms with van der Waals surface area (Å²) in [5, 5.41) is 1.66. The van der Waals surface area contributed by atoms with Crippen LogP contribution in [-0.4, -0.2) is 47.0 Å². The predicted octanol–water partition coefficient (Wildman–Crippen LogP) is 3.07. The number of halogens is 2. The maximum Gasteiger partial charge on any atom is 0.251 e. The SMILES string of the molecule is CC(C)(C)ON1CN=C(N2CCC(F)(F)CC2)c2cccnc21. The standard InChI is InChI=1S/C16H22F2N4O/c1-15(2,3)23-22-11-20-13(12-5-4-8-19-14(12)22)21-9-6-16(17,18)7-10-21/h4-5,8H,6-7,9-11H2,1-3H3. The number of amidine groups is 1. The fourth-order valence-corrected chi connectivity index (χ4v) is 2.77. The molecule has 1 saturated heterocycles. The van der Waals surface area contributed by atoms with Crippen LogP contribution in [0.4, 0.5) is 14.6 Å². The van der Waals surface area contributed by atoms with Gasteiger partial charge >= 0.3 is 0 Å². The molecule has 0 N–H and O–H groups in total. The normalized spacial score (nSPS) is 21.0. The van der Waals surface area contributed by atoms with Gasteiger partial charge in [0.2, 0.25) is 0 Å². The molecule has 0 aliphatic carbocycles. The largest absolute Gasteiger partial charge is 0.356 e. The molecule has 0 radical (unpaired) electrons. The van der Waals surface area contributed by atoms with Gasteiger partial charge in [-0.1, -0.05) is 0 Å². The number of hydroxylamine groups is 1. The molecule has 1 aromatic heterocycles. The number of hydrogen-bond acceptors (Lipinski definition) is 5. The molecular formula is C16H22F2N4O. The number of aliphatic imine (C=N–C) groups is 1. The topological polar surface area (TPSA) is 41.0 Å². The second kappa shape index (κ2) is 5.70. The highest BCUT2D eigenvalue weighted by molar-refractivity contribution is 6.03. The maximum absolute atomic E-state index is 13.4. The lowest BCUT2D eigenvalue weighted by atomic mass is 10.1. The number of anilines is 1. The molecular weight excluding hydrogens is 302 g/mol. The molecule has 1 aromatic rings. The second-order valence-corrected chi connectivity index (χ2v) is 6.92. The van der Waals surface area contributed by atoms with Gasteiger partial charge in [0.15, 0.2) is 5.82 Å². The molecule has 0 unspecified atom stereocenters. The monoisotopic (exact) mass is 324 g/mol. The van der Waals surface area contributed by atoms with Crippen molar-refractivity contribution >= 4 is 11.7 Å². The predicted molar refractivity (Wildman–Crippen MR) is 84.7 cm³/mol. The maximum atomic E-state index is 13.4. The van der Waals surface area contributed by atoms with Crippen molar-refractivity contribution in [2.75, 3.05) is 24.8 Å². The van der Waals surface area contributed by atoms with E-state index in [1.54, 1.807) is 11.3 Å². The van der Waals surface area contributed by atoms with Crippen LogP contribution in [0.2, 0.25) is 0 Å². The molecule has 3 rings (SSSR count). The van der Waals surface area contributed by atoms with Gasteiger partial charge in [-0.05, 0) is 32.9 Å². The number of alkyl halides is 2. The fourth-order valence-electron chi connectivity index (χ4n) is 2.77. The number of likely N-dealkylation sites (tertiary alicyclic amines) is 1. The number of pyridine rings is 1. The average molecular weight is 324 g/mol. The van der Waals surface area contributed by atoms with Gasteiger partial charge in [-0.15, -0.1) is 0 Å². The van der Waals surface area contributed by atoms with Crippen LogP contribution in [0.15, 0.2) is 23.3 Å². The quantitative estimate of drug-likeness (QED) is 0.796. The van der Waals surface area contributed by atoms with E-state index in [4.69, 9.17) is 4.84 Å². The zero-order valence-corrected chi connectivity index (χ0v) is 13.7. The first-order chi connectivity index (χ1) is 10.8. The van der Waals surface area contributed by atoms with E-state index >= 15 is 0 Å². The van der Waals surface area contributed by atoms with Gasteiger partial charge in [-0.2, -0.15) is 0 Å². The van der Waals surface area contributed by atoms with Crippen molar-refractivity contribution in [1.29, 1.82) is 0 Å². The Hall–Kier alpha value is -1.76. The first-order valence-electron chi connectivity index (χ1n) is 7.84. The van der Waals surface area contributed by atoms with Crippen molar-refractivity contribution in [3.8, 4) is 0 Å². The number of nitrogens with zero attached hydrogens (tertiary/aromatic N) is 4. The van der Waals surface area contributed by atoms with E-state index in [-0.39, 0.29) is 18.4 Å². The van der Waals surface area contributed by atoms with Gasteiger partial charge in [0.25, 0.3) is 5.92 Å². The third-order valence-electron chi connectivity index (χ3n) is 3.79. The van der Waals surface area contributed by atoms with Crippen LogP contribution in [0, 0.1) is 0 Å². The van der Waals surface area contributed by atoms with Crippen LogP contribution < -0.4 is 5.06 Å². The number of rotatable bonds is 1. The molecule has 7 heteroatoms. The summed E-state index contributed by atoms with van der Waals surface area (Å²) in [5.41, 5.74) is 0.461. The Bertz CT molecular complexity index is 602. The Morgan fingerprint density at radius 1 is 1.22 bits per heavy atom. The lowest BCUT2D eigenvalue weighted by Crippen LogP contribution is -2.46. The van der Waals surface area contributed by atoms with Gasteiger partial charge < -0.3 is 4.90 Å². The number of fused-ring (bicyclic) bond motifs is 1. The summed E-state index contributed by atoms with van der Waals surface area (Å²) in [6.45, 7) is 6.80. The Balaban J connectivity index is 1.84. The Labute approximate surface area is 134 Å². The first-order valence-corrected chi connectivity index (χ1v) is 7.84. The van der Waals surface area contributed by atoms with Crippen molar-refractivity contribution in [1.82, 2.24) is 9.88 Å². The van der Waals surface area contributed by atoms with Crippen molar-refractivity contribution in [2.45, 2.75) is 45.1 Å². The summed E-state index contributed by atoms with van der Waals surface area (Å²) in [6, 6.07) is 3.74. The zero-order valence-electron chi connectivity index (χ0n) is 13.7. The molecule has 0 atom stereocenters. The molecule has 0 spiro atoms. The van der Waals surface area contributed by atoms with Crippen molar-refractivity contribution in [3.63, 3.8) is 0 Å². The molecule has 5 nitrogen and oxygen atoms in total. The molecule has 0 bridgehead atoms. The Morgan fingerprint density at radius 3 is 2.57 bits per heavy atom. The summed E-state index contributed by atoms with van der Waals surface area (Å²) < 4.78 is 26.8. The van der Waals surface area contributed by atoms with E-state index in [1.807, 2.05) is 37.8 Å². The van der Waals surface area contributed by atoms with E-state index in [0.29, 0.717) is 25.6 Å². The minimum atomic E-state index is -2.56. The molecule has 0 amide bonds. The number of hydrogen-bond donors (Lipinski definition) is 0. The zero-order chi connectivity index (χ0) is 16.7. The van der Waals surface area contributed by atoms with E-state index in [0.717, 1.165) is 11.4 Å². The van der Waals surface area contributed by atoms with E-state index < -0.39 is 5.92 Å². The Morgan fingerprint density at radius 2 is 1.91 bits per heavy atom. The van der Waals surface area contributed by atoms with Crippen LogP contribution in [0.25, 0.3) is 0 Å². The van der Waals surface area contributed by atoms with Crippen LogP contribution in [-0.2, 0) is 4.84 Å². The third kappa shape index (κ3) is 3.60. The minimum absolute atomic E-state index is 0.135. The number of aromatic nitrogens is 1. The fraction of sp³-hybridized carbons (Fsp3) is 0.625. The van der Waals surface area contributed by atoms with E-state index in [1.165, 1.54) is 0 Å². The number of piperidine rings is 1. The molecule has 126 valence electrons. The smallest absolute Gasteiger partial charge is 0.251 e. The van der Waals surface area contributed by atoms with Gasteiger partial charge in [-0.3, -0.25) is 4.84 Å². The molecule has 0 saturated carbocycles. The second-order valence-electron chi connectivity index (χ2n) is 6.92. The van der Waals surface area contributed by atoms with Crippen LogP contribution >= 0.6 is 0 Å². The van der Waals surface area contributed by atoms with Gasteiger partial charge in [0.1, 0.15) is 12.5 Å². The highest BCUT2D eigenvalue weighted by Crippen LogP contribution is 2.31. The van der Waals surface area contributed by atoms with Crippen LogP contribution in [0.1, 0.15) is 39.2 Å². The van der Waals surface area contributed by atoms with Gasteiger partial charge in [0.05, 0.1) is 11.2 Å². The van der Waals surface area contributed by atoms with Gasteiger partial charge in [-0.25, -0.2) is 23.8 Å². The van der Waals surface area contributed by atoms with Crippen molar-refractivity contribution in [2.24, 2.45) is 4.99 Å². The summed E-state index contributed by atoms with van der Waals surface area (Å²) in [6.07, 6.45) is 1.43. The summed E-state index contributed by atoms with van der Waals surface area (Å²) in [4.78, 5) is 16.8. The molecule has 3 heterocycles. The van der Waals surface area contributed by atoms with Crippen molar-refractivity contribution in [3.05, 3.63) is 23.9 Å². The van der Waals surface area contributed by atoms with E-state index in [9.17, 15) is 8.78 Å². The average Bonchev–Trinajstić information content (AvgIpc) is 2.47. The lowest BCUT2D eigenvalue weighted by Gasteiger charge is -2.38. The van der Waals surface area contributed by atoms with Crippen LogP contribution in [0.3, 0.4) is 0 Å². The molecule has 23 heavy (non-hydrogen) atoms. The van der Waals surface area contributed by atoms with E-state index in [2.05, 4.69) is 9.98 Å². The van der Waals surface area contributed by atoms with Crippen molar-refractivity contribution < 1.29 is 13.6 Å². The molecule has 2 aliphatic heterocycles. The third-order valence-corrected chi connectivity index (χ3v) is 3.79. The summed E-state index contributed by atoms with van der Waals surface area (Å²) >= 11 is 0. The minimum Gasteiger partial charge on any atom is -0.356 e. The highest BCUT2D eigenvalue weighted by atomic mass is 19.3. The Kier molecular flexibility index (Phi) is 4.00. The highest BCUT2D eigenvalue weighted by Gasteiger charge is 2.37. The molecule has 0 aromatic carbocycles. The molecule has 1 fully saturated rings. The lowest BCUT2D eigenvalue weighted by molar-refractivity contribution is -0.0439. The summed E-state index contributed by atoms with van der Waals surface area (Å²) in [7, 11) is 0. The first kappa shape index (κ1) is 16.1. The van der Waals surface area contributed by atoms with Gasteiger partial charge in [0, 0.05) is 32.1 Å². The van der Waals surface area contributed by atoms with Crippen LogP contribution in [0.5, 0.6) is 0 Å². The molecule has 2 aliphatic rings. The summed E-state index contributed by atoms with van der Waals surface area (Å²) in [5.74, 6) is -1.15.